The first-order chi connectivity index (χ1) is 8.14. The summed E-state index contributed by atoms with van der Waals surface area (Å²) in [7, 11) is 0. The SMILES string of the molecule is CCC(O)CCNC(=O)C1(CN)CCCCC1. The average molecular weight is 242 g/mol. The van der Waals surface area contributed by atoms with E-state index in [4.69, 9.17) is 5.73 Å². The zero-order chi connectivity index (χ0) is 12.7. The molecular formula is C13H26N2O2. The largest absolute Gasteiger partial charge is 0.393 e. The molecule has 0 bridgehead atoms. The molecule has 0 aliphatic heterocycles. The Balaban J connectivity index is 2.38. The van der Waals surface area contributed by atoms with E-state index >= 15 is 0 Å². The average Bonchev–Trinajstić information content (AvgIpc) is 2.39. The normalized spacial score (nSPS) is 20.9. The van der Waals surface area contributed by atoms with Crippen molar-refractivity contribution in [1.82, 2.24) is 5.32 Å². The molecule has 4 heteroatoms. The van der Waals surface area contributed by atoms with E-state index in [-0.39, 0.29) is 17.4 Å². The number of hydrogen-bond donors (Lipinski definition) is 3. The van der Waals surface area contributed by atoms with Gasteiger partial charge in [0.25, 0.3) is 0 Å². The molecule has 17 heavy (non-hydrogen) atoms. The fourth-order valence-corrected chi connectivity index (χ4v) is 2.50. The molecule has 1 unspecified atom stereocenters. The molecule has 100 valence electrons. The van der Waals surface area contributed by atoms with Gasteiger partial charge < -0.3 is 16.2 Å². The molecule has 1 saturated carbocycles. The van der Waals surface area contributed by atoms with Gasteiger partial charge in [0.1, 0.15) is 0 Å². The highest BCUT2D eigenvalue weighted by Gasteiger charge is 2.37. The Morgan fingerprint density at radius 2 is 2.06 bits per heavy atom. The Bertz CT molecular complexity index is 238. The van der Waals surface area contributed by atoms with Crippen molar-refractivity contribution in [2.75, 3.05) is 13.1 Å². The zero-order valence-electron chi connectivity index (χ0n) is 10.9. The molecule has 1 atom stereocenters. The fraction of sp³-hybridized carbons (Fsp3) is 0.923. The minimum absolute atomic E-state index is 0.0861. The van der Waals surface area contributed by atoms with Gasteiger partial charge >= 0.3 is 0 Å². The number of nitrogens with two attached hydrogens (primary N) is 1. The van der Waals surface area contributed by atoms with Gasteiger partial charge in [-0.05, 0) is 25.7 Å². The molecule has 1 amide bonds. The quantitative estimate of drug-likeness (QED) is 0.654. The van der Waals surface area contributed by atoms with Gasteiger partial charge in [0.05, 0.1) is 11.5 Å². The van der Waals surface area contributed by atoms with Gasteiger partial charge in [-0.25, -0.2) is 0 Å². The van der Waals surface area contributed by atoms with Crippen LogP contribution in [0.2, 0.25) is 0 Å². The van der Waals surface area contributed by atoms with E-state index in [1.807, 2.05) is 6.92 Å². The molecule has 0 spiro atoms. The summed E-state index contributed by atoms with van der Waals surface area (Å²) < 4.78 is 0. The third kappa shape index (κ3) is 3.96. The standard InChI is InChI=1S/C13H26N2O2/c1-2-11(16)6-9-15-12(17)13(10-14)7-4-3-5-8-13/h11,16H,2-10,14H2,1H3,(H,15,17). The van der Waals surface area contributed by atoms with Crippen LogP contribution in [0.4, 0.5) is 0 Å². The predicted octanol–water partition coefficient (Wildman–Crippen LogP) is 1.17. The lowest BCUT2D eigenvalue weighted by molar-refractivity contribution is -0.132. The maximum absolute atomic E-state index is 12.1. The molecule has 0 heterocycles. The molecule has 1 rings (SSSR count). The fourth-order valence-electron chi connectivity index (χ4n) is 2.50. The summed E-state index contributed by atoms with van der Waals surface area (Å²) in [5.74, 6) is 0.0861. The molecule has 1 aliphatic carbocycles. The van der Waals surface area contributed by atoms with Gasteiger partial charge in [0, 0.05) is 13.1 Å². The zero-order valence-corrected chi connectivity index (χ0v) is 10.9. The minimum atomic E-state index is -0.338. The summed E-state index contributed by atoms with van der Waals surface area (Å²) in [6.07, 6.45) is 6.28. The van der Waals surface area contributed by atoms with Crippen molar-refractivity contribution in [2.24, 2.45) is 11.1 Å². The van der Waals surface area contributed by atoms with Crippen LogP contribution in [0.1, 0.15) is 51.9 Å². The number of hydrogen-bond acceptors (Lipinski definition) is 3. The van der Waals surface area contributed by atoms with Gasteiger partial charge in [0.2, 0.25) is 5.91 Å². The van der Waals surface area contributed by atoms with Crippen molar-refractivity contribution < 1.29 is 9.90 Å². The first-order valence-electron chi connectivity index (χ1n) is 6.81. The first-order valence-corrected chi connectivity index (χ1v) is 6.81. The third-order valence-corrected chi connectivity index (χ3v) is 3.92. The molecule has 1 fully saturated rings. The van der Waals surface area contributed by atoms with Crippen LogP contribution in [0.25, 0.3) is 0 Å². The molecule has 0 aromatic carbocycles. The maximum atomic E-state index is 12.1. The van der Waals surface area contributed by atoms with Crippen molar-refractivity contribution in [2.45, 2.75) is 58.0 Å². The third-order valence-electron chi connectivity index (χ3n) is 3.92. The van der Waals surface area contributed by atoms with Crippen molar-refractivity contribution in [3.05, 3.63) is 0 Å². The number of carbonyl (C=O) groups is 1. The topological polar surface area (TPSA) is 75.3 Å². The smallest absolute Gasteiger partial charge is 0.227 e. The number of carbonyl (C=O) groups excluding carboxylic acids is 1. The van der Waals surface area contributed by atoms with Crippen LogP contribution in [-0.4, -0.2) is 30.2 Å². The van der Waals surface area contributed by atoms with E-state index in [9.17, 15) is 9.90 Å². The molecule has 0 saturated heterocycles. The molecule has 1 aliphatic rings. The Labute approximate surface area is 104 Å². The second kappa shape index (κ2) is 6.97. The highest BCUT2D eigenvalue weighted by molar-refractivity contribution is 5.82. The summed E-state index contributed by atoms with van der Waals surface area (Å²) in [5.41, 5.74) is 5.45. The van der Waals surface area contributed by atoms with Crippen LogP contribution < -0.4 is 11.1 Å². The Kier molecular flexibility index (Phi) is 5.92. The van der Waals surface area contributed by atoms with Crippen LogP contribution in [0.5, 0.6) is 0 Å². The molecule has 0 aromatic rings. The van der Waals surface area contributed by atoms with Crippen molar-refractivity contribution in [1.29, 1.82) is 0 Å². The van der Waals surface area contributed by atoms with Gasteiger partial charge in [-0.15, -0.1) is 0 Å². The van der Waals surface area contributed by atoms with Gasteiger partial charge in [0.15, 0.2) is 0 Å². The summed E-state index contributed by atoms with van der Waals surface area (Å²) in [6.45, 7) is 2.93. The minimum Gasteiger partial charge on any atom is -0.393 e. The summed E-state index contributed by atoms with van der Waals surface area (Å²) in [6, 6.07) is 0. The molecule has 4 nitrogen and oxygen atoms in total. The molecule has 0 radical (unpaired) electrons. The van der Waals surface area contributed by atoms with Crippen LogP contribution in [0.3, 0.4) is 0 Å². The predicted molar refractivity (Wildman–Crippen MR) is 68.5 cm³/mol. The lowest BCUT2D eigenvalue weighted by Crippen LogP contribution is -2.47. The van der Waals surface area contributed by atoms with Crippen molar-refractivity contribution >= 4 is 5.91 Å². The van der Waals surface area contributed by atoms with Crippen molar-refractivity contribution in [3.8, 4) is 0 Å². The Morgan fingerprint density at radius 1 is 1.41 bits per heavy atom. The van der Waals surface area contributed by atoms with Crippen LogP contribution in [0.15, 0.2) is 0 Å². The Morgan fingerprint density at radius 3 is 2.59 bits per heavy atom. The van der Waals surface area contributed by atoms with Crippen molar-refractivity contribution in [3.63, 3.8) is 0 Å². The van der Waals surface area contributed by atoms with E-state index in [1.165, 1.54) is 6.42 Å². The van der Waals surface area contributed by atoms with Gasteiger partial charge in [-0.1, -0.05) is 26.2 Å². The molecular weight excluding hydrogens is 216 g/mol. The summed E-state index contributed by atoms with van der Waals surface area (Å²) in [4.78, 5) is 12.1. The van der Waals surface area contributed by atoms with E-state index < -0.39 is 0 Å². The monoisotopic (exact) mass is 242 g/mol. The lowest BCUT2D eigenvalue weighted by Gasteiger charge is -2.34. The first kappa shape index (κ1) is 14.5. The lowest BCUT2D eigenvalue weighted by atomic mass is 9.73. The number of nitrogens with one attached hydrogen (secondary N) is 1. The molecule has 0 aromatic heterocycles. The summed E-state index contributed by atoms with van der Waals surface area (Å²) >= 11 is 0. The van der Waals surface area contributed by atoms with Gasteiger partial charge in [-0.2, -0.15) is 0 Å². The van der Waals surface area contributed by atoms with E-state index in [2.05, 4.69) is 5.32 Å². The summed E-state index contributed by atoms with van der Waals surface area (Å²) in [5, 5.41) is 12.4. The van der Waals surface area contributed by atoms with E-state index in [0.717, 1.165) is 32.1 Å². The van der Waals surface area contributed by atoms with Crippen LogP contribution >= 0.6 is 0 Å². The highest BCUT2D eigenvalue weighted by Crippen LogP contribution is 2.35. The van der Waals surface area contributed by atoms with Gasteiger partial charge in [-0.3, -0.25) is 4.79 Å². The maximum Gasteiger partial charge on any atom is 0.227 e. The number of aliphatic hydroxyl groups is 1. The number of rotatable bonds is 6. The van der Waals surface area contributed by atoms with Crippen LogP contribution in [-0.2, 0) is 4.79 Å². The number of aliphatic hydroxyl groups excluding tert-OH is 1. The van der Waals surface area contributed by atoms with Crippen LogP contribution in [0, 0.1) is 5.41 Å². The number of amides is 1. The van der Waals surface area contributed by atoms with E-state index in [0.29, 0.717) is 19.5 Å². The highest BCUT2D eigenvalue weighted by atomic mass is 16.3. The van der Waals surface area contributed by atoms with E-state index in [1.54, 1.807) is 0 Å². The second-order valence-corrected chi connectivity index (χ2v) is 5.15. The second-order valence-electron chi connectivity index (χ2n) is 5.15. The Hall–Kier alpha value is -0.610. The molecule has 4 N–H and O–H groups in total.